The van der Waals surface area contributed by atoms with E-state index in [-0.39, 0.29) is 0 Å². The second-order valence-corrected chi connectivity index (χ2v) is 5.43. The molecule has 98 valence electrons. The van der Waals surface area contributed by atoms with Gasteiger partial charge in [-0.05, 0) is 44.2 Å². The van der Waals surface area contributed by atoms with E-state index in [2.05, 4.69) is 18.7 Å². The van der Waals surface area contributed by atoms with E-state index in [1.807, 2.05) is 12.1 Å². The van der Waals surface area contributed by atoms with Crippen LogP contribution in [-0.2, 0) is 6.54 Å². The van der Waals surface area contributed by atoms with Gasteiger partial charge < -0.3 is 5.11 Å². The second-order valence-electron chi connectivity index (χ2n) is 5.43. The van der Waals surface area contributed by atoms with Crippen LogP contribution in [0.2, 0.25) is 0 Å². The predicted octanol–water partition coefficient (Wildman–Crippen LogP) is 3.01. The molecule has 3 heteroatoms. The zero-order valence-electron chi connectivity index (χ0n) is 11.1. The molecule has 1 aliphatic rings. The van der Waals surface area contributed by atoms with Crippen molar-refractivity contribution in [3.05, 3.63) is 35.4 Å². The Kier molecular flexibility index (Phi) is 4.02. The lowest BCUT2D eigenvalue weighted by molar-refractivity contribution is 0.0693. The predicted molar refractivity (Wildman–Crippen MR) is 71.7 cm³/mol. The van der Waals surface area contributed by atoms with Crippen molar-refractivity contribution in [3.63, 3.8) is 0 Å². The molecular weight excluding hydrogens is 226 g/mol. The summed E-state index contributed by atoms with van der Waals surface area (Å²) in [7, 11) is 0. The summed E-state index contributed by atoms with van der Waals surface area (Å²) in [6.45, 7) is 6.17. The monoisotopic (exact) mass is 247 g/mol. The van der Waals surface area contributed by atoms with E-state index in [4.69, 9.17) is 0 Å². The van der Waals surface area contributed by atoms with Gasteiger partial charge >= 0.3 is 5.97 Å². The molecule has 0 atom stereocenters. The fourth-order valence-electron chi connectivity index (χ4n) is 2.18. The third kappa shape index (κ3) is 3.33. The van der Waals surface area contributed by atoms with Crippen LogP contribution < -0.4 is 0 Å². The summed E-state index contributed by atoms with van der Waals surface area (Å²) in [4.78, 5) is 13.6. The topological polar surface area (TPSA) is 40.5 Å². The lowest BCUT2D eigenvalue weighted by Crippen LogP contribution is -2.32. The Balaban J connectivity index is 2.12. The molecule has 2 rings (SSSR count). The normalized spacial score (nSPS) is 15.3. The van der Waals surface area contributed by atoms with Gasteiger partial charge in [0.25, 0.3) is 0 Å². The van der Waals surface area contributed by atoms with Gasteiger partial charge in [-0.15, -0.1) is 0 Å². The van der Waals surface area contributed by atoms with Gasteiger partial charge in [-0.3, -0.25) is 4.90 Å². The number of nitrogens with zero attached hydrogens (tertiary/aromatic N) is 1. The van der Waals surface area contributed by atoms with E-state index >= 15 is 0 Å². The molecule has 0 heterocycles. The first-order chi connectivity index (χ1) is 8.58. The van der Waals surface area contributed by atoms with Crippen LogP contribution >= 0.6 is 0 Å². The molecule has 1 aromatic carbocycles. The average Bonchev–Trinajstić information content (AvgIpc) is 3.12. The Morgan fingerprint density at radius 2 is 2.06 bits per heavy atom. The minimum absolute atomic E-state index is 0.430. The van der Waals surface area contributed by atoms with Crippen LogP contribution in [0, 0.1) is 5.92 Å². The molecule has 0 saturated heterocycles. The van der Waals surface area contributed by atoms with Crippen molar-refractivity contribution in [1.29, 1.82) is 0 Å². The lowest BCUT2D eigenvalue weighted by Gasteiger charge is -2.27. The minimum Gasteiger partial charge on any atom is -0.478 e. The highest BCUT2D eigenvalue weighted by Crippen LogP contribution is 2.31. The molecule has 1 aromatic rings. The molecule has 1 aliphatic carbocycles. The van der Waals surface area contributed by atoms with Crippen molar-refractivity contribution < 1.29 is 9.90 Å². The molecule has 0 amide bonds. The molecule has 18 heavy (non-hydrogen) atoms. The van der Waals surface area contributed by atoms with Crippen molar-refractivity contribution in [2.75, 3.05) is 6.54 Å². The summed E-state index contributed by atoms with van der Waals surface area (Å²) < 4.78 is 0. The van der Waals surface area contributed by atoms with Gasteiger partial charge in [0.1, 0.15) is 0 Å². The first-order valence-corrected chi connectivity index (χ1v) is 6.63. The molecule has 0 aromatic heterocycles. The number of hydrogen-bond acceptors (Lipinski definition) is 2. The highest BCUT2D eigenvalue weighted by atomic mass is 16.4. The minimum atomic E-state index is -0.833. The number of aromatic carboxylic acids is 1. The SMILES string of the molecule is CC(C)N(Cc1ccccc1C(=O)O)CC1CC1. The van der Waals surface area contributed by atoms with E-state index in [1.54, 1.807) is 12.1 Å². The summed E-state index contributed by atoms with van der Waals surface area (Å²) in [5, 5.41) is 9.19. The smallest absolute Gasteiger partial charge is 0.336 e. The fourth-order valence-corrected chi connectivity index (χ4v) is 2.18. The van der Waals surface area contributed by atoms with Crippen molar-refractivity contribution in [3.8, 4) is 0 Å². The number of benzene rings is 1. The third-order valence-corrected chi connectivity index (χ3v) is 3.54. The summed E-state index contributed by atoms with van der Waals surface area (Å²) in [6, 6.07) is 7.76. The average molecular weight is 247 g/mol. The van der Waals surface area contributed by atoms with E-state index in [0.717, 1.165) is 24.6 Å². The number of rotatable bonds is 6. The molecule has 0 bridgehead atoms. The molecular formula is C15H21NO2. The summed E-state index contributed by atoms with van der Waals surface area (Å²) in [6.07, 6.45) is 2.65. The van der Waals surface area contributed by atoms with Gasteiger partial charge in [0, 0.05) is 19.1 Å². The zero-order valence-corrected chi connectivity index (χ0v) is 11.1. The largest absolute Gasteiger partial charge is 0.478 e. The lowest BCUT2D eigenvalue weighted by atomic mass is 10.1. The van der Waals surface area contributed by atoms with Gasteiger partial charge in [-0.25, -0.2) is 4.79 Å². The molecule has 1 N–H and O–H groups in total. The van der Waals surface area contributed by atoms with Gasteiger partial charge in [-0.1, -0.05) is 18.2 Å². The van der Waals surface area contributed by atoms with E-state index in [0.29, 0.717) is 11.6 Å². The first-order valence-electron chi connectivity index (χ1n) is 6.63. The fraction of sp³-hybridized carbons (Fsp3) is 0.533. The van der Waals surface area contributed by atoms with Gasteiger partial charge in [0.2, 0.25) is 0 Å². The molecule has 0 radical (unpaired) electrons. The van der Waals surface area contributed by atoms with Crippen LogP contribution in [0.1, 0.15) is 42.6 Å². The Hall–Kier alpha value is -1.35. The van der Waals surface area contributed by atoms with E-state index < -0.39 is 5.97 Å². The van der Waals surface area contributed by atoms with Crippen LogP contribution in [0.15, 0.2) is 24.3 Å². The zero-order chi connectivity index (χ0) is 13.1. The Bertz CT molecular complexity index is 424. The molecule has 0 aliphatic heterocycles. The van der Waals surface area contributed by atoms with E-state index in [1.165, 1.54) is 12.8 Å². The second kappa shape index (κ2) is 5.53. The highest BCUT2D eigenvalue weighted by molar-refractivity contribution is 5.89. The Morgan fingerprint density at radius 3 is 2.61 bits per heavy atom. The van der Waals surface area contributed by atoms with Crippen LogP contribution in [0.3, 0.4) is 0 Å². The summed E-state index contributed by atoms with van der Waals surface area (Å²) in [5.41, 5.74) is 1.35. The van der Waals surface area contributed by atoms with Gasteiger partial charge in [0.15, 0.2) is 0 Å². The number of hydrogen-bond donors (Lipinski definition) is 1. The maximum absolute atomic E-state index is 11.2. The maximum Gasteiger partial charge on any atom is 0.336 e. The van der Waals surface area contributed by atoms with Crippen LogP contribution in [0.4, 0.5) is 0 Å². The van der Waals surface area contributed by atoms with Crippen LogP contribution in [0.5, 0.6) is 0 Å². The Morgan fingerprint density at radius 1 is 1.39 bits per heavy atom. The van der Waals surface area contributed by atoms with Gasteiger partial charge in [0.05, 0.1) is 5.56 Å². The molecule has 1 saturated carbocycles. The van der Waals surface area contributed by atoms with Crippen molar-refractivity contribution >= 4 is 5.97 Å². The van der Waals surface area contributed by atoms with E-state index in [9.17, 15) is 9.90 Å². The summed E-state index contributed by atoms with van der Waals surface area (Å²) >= 11 is 0. The highest BCUT2D eigenvalue weighted by Gasteiger charge is 2.26. The van der Waals surface area contributed by atoms with Crippen molar-refractivity contribution in [1.82, 2.24) is 4.90 Å². The van der Waals surface area contributed by atoms with Crippen LogP contribution in [-0.4, -0.2) is 28.6 Å². The van der Waals surface area contributed by atoms with Crippen molar-refractivity contribution in [2.45, 2.75) is 39.3 Å². The quantitative estimate of drug-likeness (QED) is 0.840. The maximum atomic E-state index is 11.2. The number of carbonyl (C=O) groups is 1. The summed E-state index contributed by atoms with van der Waals surface area (Å²) in [5.74, 6) is -0.00915. The molecule has 0 unspecified atom stereocenters. The Labute approximate surface area is 108 Å². The van der Waals surface area contributed by atoms with Gasteiger partial charge in [-0.2, -0.15) is 0 Å². The molecule has 1 fully saturated rings. The standard InChI is InChI=1S/C15H21NO2/c1-11(2)16(9-12-7-8-12)10-13-5-3-4-6-14(13)15(17)18/h3-6,11-12H,7-10H2,1-2H3,(H,17,18). The van der Waals surface area contributed by atoms with Crippen molar-refractivity contribution in [2.24, 2.45) is 5.92 Å². The first kappa shape index (κ1) is 13.1. The molecule has 3 nitrogen and oxygen atoms in total. The van der Waals surface area contributed by atoms with Crippen LogP contribution in [0.25, 0.3) is 0 Å². The number of carboxylic acid groups (broad SMARTS) is 1. The number of carboxylic acids is 1. The molecule has 0 spiro atoms. The third-order valence-electron chi connectivity index (χ3n) is 3.54.